The normalized spacial score (nSPS) is 13.3. The Labute approximate surface area is 95.1 Å². The Balaban J connectivity index is 2.51. The number of nitrogens with zero attached hydrogens (tertiary/aromatic N) is 3. The van der Waals surface area contributed by atoms with E-state index in [9.17, 15) is 5.11 Å². The summed E-state index contributed by atoms with van der Waals surface area (Å²) in [5.41, 5.74) is 6.61. The molecule has 0 fully saturated rings. The highest BCUT2D eigenvalue weighted by molar-refractivity contribution is 9.10. The van der Waals surface area contributed by atoms with Crippen molar-refractivity contribution < 1.29 is 5.11 Å². The van der Waals surface area contributed by atoms with Gasteiger partial charge in [0.2, 0.25) is 0 Å². The summed E-state index contributed by atoms with van der Waals surface area (Å²) in [6, 6.07) is 0. The van der Waals surface area contributed by atoms with Gasteiger partial charge in [0.1, 0.15) is 16.4 Å². The minimum atomic E-state index is -0.659. The molecule has 15 heavy (non-hydrogen) atoms. The van der Waals surface area contributed by atoms with Crippen LogP contribution in [0.5, 0.6) is 0 Å². The van der Waals surface area contributed by atoms with Gasteiger partial charge in [0.05, 0.1) is 6.20 Å². The van der Waals surface area contributed by atoms with Gasteiger partial charge in [-0.25, -0.2) is 4.98 Å². The van der Waals surface area contributed by atoms with E-state index >= 15 is 0 Å². The molecule has 0 radical (unpaired) electrons. The molecule has 1 atom stereocenters. The average Bonchev–Trinajstić information content (AvgIpc) is 2.61. The van der Waals surface area contributed by atoms with Crippen molar-refractivity contribution in [1.29, 1.82) is 0 Å². The van der Waals surface area contributed by atoms with Gasteiger partial charge in [0.15, 0.2) is 5.65 Å². The van der Waals surface area contributed by atoms with E-state index in [2.05, 4.69) is 25.9 Å². The van der Waals surface area contributed by atoms with Crippen LogP contribution in [0.4, 0.5) is 0 Å². The Morgan fingerprint density at radius 3 is 3.07 bits per heavy atom. The summed E-state index contributed by atoms with van der Waals surface area (Å²) in [6.07, 6.45) is 4.92. The first-order chi connectivity index (χ1) is 7.24. The zero-order chi connectivity index (χ0) is 10.8. The summed E-state index contributed by atoms with van der Waals surface area (Å²) in [5.74, 6) is 0. The topological polar surface area (TPSA) is 76.4 Å². The van der Waals surface area contributed by atoms with Crippen LogP contribution in [0.2, 0.25) is 0 Å². The van der Waals surface area contributed by atoms with E-state index in [4.69, 9.17) is 5.73 Å². The molecule has 2 rings (SSSR count). The van der Waals surface area contributed by atoms with Crippen LogP contribution >= 0.6 is 15.9 Å². The number of hydrogen-bond donors (Lipinski definition) is 2. The van der Waals surface area contributed by atoms with E-state index in [1.54, 1.807) is 18.6 Å². The fraction of sp³-hybridized carbons (Fsp3) is 0.333. The number of imidazole rings is 1. The van der Waals surface area contributed by atoms with E-state index in [1.165, 1.54) is 0 Å². The van der Waals surface area contributed by atoms with Crippen molar-refractivity contribution in [2.45, 2.75) is 12.5 Å². The maximum Gasteiger partial charge on any atom is 0.162 e. The minimum Gasteiger partial charge on any atom is -0.387 e. The first kappa shape index (κ1) is 10.5. The maximum atomic E-state index is 9.82. The number of aliphatic hydroxyl groups excluding tert-OH is 1. The summed E-state index contributed by atoms with van der Waals surface area (Å²) < 4.78 is 2.66. The first-order valence-corrected chi connectivity index (χ1v) is 5.39. The number of fused-ring (bicyclic) bond motifs is 1. The van der Waals surface area contributed by atoms with E-state index in [1.807, 2.05) is 4.40 Å². The summed E-state index contributed by atoms with van der Waals surface area (Å²) >= 11 is 3.36. The maximum absolute atomic E-state index is 9.82. The molecule has 0 aliphatic carbocycles. The third-order valence-electron chi connectivity index (χ3n) is 2.17. The minimum absolute atomic E-state index is 0.422. The van der Waals surface area contributed by atoms with Crippen LogP contribution in [-0.4, -0.2) is 26.0 Å². The lowest BCUT2D eigenvalue weighted by molar-refractivity contribution is 0.166. The van der Waals surface area contributed by atoms with Crippen molar-refractivity contribution in [3.63, 3.8) is 0 Å². The average molecular weight is 271 g/mol. The molecule has 0 spiro atoms. The molecule has 0 amide bonds. The van der Waals surface area contributed by atoms with Crippen molar-refractivity contribution in [3.05, 3.63) is 28.9 Å². The van der Waals surface area contributed by atoms with E-state index in [0.29, 0.717) is 24.3 Å². The van der Waals surface area contributed by atoms with Gasteiger partial charge in [0.25, 0.3) is 0 Å². The summed E-state index contributed by atoms with van der Waals surface area (Å²) in [6.45, 7) is 0.422. The summed E-state index contributed by atoms with van der Waals surface area (Å²) in [5, 5.41) is 9.82. The second kappa shape index (κ2) is 4.26. The van der Waals surface area contributed by atoms with Gasteiger partial charge >= 0.3 is 0 Å². The quantitative estimate of drug-likeness (QED) is 0.868. The number of rotatable bonds is 3. The van der Waals surface area contributed by atoms with E-state index in [0.717, 1.165) is 4.60 Å². The number of aliphatic hydroxyl groups is 1. The smallest absolute Gasteiger partial charge is 0.162 e. The van der Waals surface area contributed by atoms with Crippen molar-refractivity contribution in [3.8, 4) is 0 Å². The van der Waals surface area contributed by atoms with Crippen molar-refractivity contribution >= 4 is 21.6 Å². The van der Waals surface area contributed by atoms with Gasteiger partial charge < -0.3 is 10.8 Å². The predicted molar refractivity (Wildman–Crippen MR) is 59.3 cm³/mol. The van der Waals surface area contributed by atoms with Gasteiger partial charge in [-0.2, -0.15) is 0 Å². The highest BCUT2D eigenvalue weighted by Gasteiger charge is 2.14. The van der Waals surface area contributed by atoms with Gasteiger partial charge in [-0.3, -0.25) is 9.38 Å². The molecule has 2 heterocycles. The molecule has 2 aromatic heterocycles. The molecule has 80 valence electrons. The predicted octanol–water partition coefficient (Wildman–Crippen LogP) is 0.874. The zero-order valence-electron chi connectivity index (χ0n) is 7.97. The Kier molecular flexibility index (Phi) is 2.99. The van der Waals surface area contributed by atoms with Crippen molar-refractivity contribution in [2.24, 2.45) is 5.73 Å². The van der Waals surface area contributed by atoms with Gasteiger partial charge in [-0.05, 0) is 28.9 Å². The van der Waals surface area contributed by atoms with Crippen LogP contribution in [0.3, 0.4) is 0 Å². The van der Waals surface area contributed by atoms with Crippen LogP contribution in [0.1, 0.15) is 18.2 Å². The third-order valence-corrected chi connectivity index (χ3v) is 2.75. The standard InChI is InChI=1S/C9H11BrN4O/c10-7-5-13-9-8(6(15)1-2-11)12-3-4-14(7)9/h3-6,15H,1-2,11H2. The molecule has 0 aliphatic rings. The summed E-state index contributed by atoms with van der Waals surface area (Å²) in [7, 11) is 0. The van der Waals surface area contributed by atoms with Crippen molar-refractivity contribution in [1.82, 2.24) is 14.4 Å². The molecular weight excluding hydrogens is 260 g/mol. The van der Waals surface area contributed by atoms with Gasteiger partial charge in [-0.15, -0.1) is 0 Å². The highest BCUT2D eigenvalue weighted by atomic mass is 79.9. The monoisotopic (exact) mass is 270 g/mol. The molecule has 5 nitrogen and oxygen atoms in total. The Morgan fingerprint density at radius 1 is 1.53 bits per heavy atom. The number of hydrogen-bond acceptors (Lipinski definition) is 4. The molecule has 6 heteroatoms. The molecule has 1 unspecified atom stereocenters. The third kappa shape index (κ3) is 1.88. The highest BCUT2D eigenvalue weighted by Crippen LogP contribution is 2.20. The summed E-state index contributed by atoms with van der Waals surface area (Å²) in [4.78, 5) is 8.30. The Hall–Kier alpha value is -0.980. The fourth-order valence-corrected chi connectivity index (χ4v) is 1.83. The van der Waals surface area contributed by atoms with Crippen LogP contribution in [0.25, 0.3) is 5.65 Å². The molecule has 0 saturated carbocycles. The molecule has 0 aromatic carbocycles. The lowest BCUT2D eigenvalue weighted by atomic mass is 10.2. The molecule has 3 N–H and O–H groups in total. The Morgan fingerprint density at radius 2 is 2.33 bits per heavy atom. The molecule has 0 aliphatic heterocycles. The van der Waals surface area contributed by atoms with E-state index < -0.39 is 6.10 Å². The zero-order valence-corrected chi connectivity index (χ0v) is 9.55. The largest absolute Gasteiger partial charge is 0.387 e. The number of halogens is 1. The molecule has 0 bridgehead atoms. The van der Waals surface area contributed by atoms with E-state index in [-0.39, 0.29) is 0 Å². The molecule has 2 aromatic rings. The molecule has 0 saturated heterocycles. The first-order valence-electron chi connectivity index (χ1n) is 4.59. The van der Waals surface area contributed by atoms with Gasteiger partial charge in [0, 0.05) is 12.4 Å². The lowest BCUT2D eigenvalue weighted by Gasteiger charge is -2.09. The number of nitrogens with two attached hydrogens (primary N) is 1. The molecular formula is C9H11BrN4O. The van der Waals surface area contributed by atoms with Crippen molar-refractivity contribution in [2.75, 3.05) is 6.54 Å². The van der Waals surface area contributed by atoms with Crippen LogP contribution in [0.15, 0.2) is 23.2 Å². The van der Waals surface area contributed by atoms with Crippen LogP contribution in [0, 0.1) is 0 Å². The van der Waals surface area contributed by atoms with Crippen LogP contribution < -0.4 is 5.73 Å². The second-order valence-corrected chi connectivity index (χ2v) is 3.99. The number of aromatic nitrogens is 3. The fourth-order valence-electron chi connectivity index (χ4n) is 1.44. The Bertz CT molecular complexity index is 470. The lowest BCUT2D eigenvalue weighted by Crippen LogP contribution is -2.09. The van der Waals surface area contributed by atoms with Crippen LogP contribution in [-0.2, 0) is 0 Å². The second-order valence-electron chi connectivity index (χ2n) is 3.18. The SMILES string of the molecule is NCCC(O)c1nccn2c(Br)cnc12. The van der Waals surface area contributed by atoms with Gasteiger partial charge in [-0.1, -0.05) is 0 Å².